The summed E-state index contributed by atoms with van der Waals surface area (Å²) in [6.07, 6.45) is -2.48. The zero-order chi connectivity index (χ0) is 11.3. The second-order valence-corrected chi connectivity index (χ2v) is 4.22. The zero-order valence-corrected chi connectivity index (χ0v) is 9.35. The maximum absolute atomic E-state index is 11.8. The van der Waals surface area contributed by atoms with E-state index in [2.05, 4.69) is 15.5 Å². The van der Waals surface area contributed by atoms with E-state index in [4.69, 9.17) is 4.74 Å². The van der Waals surface area contributed by atoms with Gasteiger partial charge in [0.25, 0.3) is 11.6 Å². The van der Waals surface area contributed by atoms with E-state index >= 15 is 0 Å². The van der Waals surface area contributed by atoms with Gasteiger partial charge in [-0.3, -0.25) is 0 Å². The molecule has 1 aromatic rings. The van der Waals surface area contributed by atoms with Crippen LogP contribution in [0.3, 0.4) is 0 Å². The SMILES string of the molecule is CC(C)NCc1nnc(OCC(F)F)s1. The minimum atomic E-state index is -2.48. The smallest absolute Gasteiger partial charge is 0.294 e. The Balaban J connectivity index is 2.35. The van der Waals surface area contributed by atoms with Gasteiger partial charge in [-0.1, -0.05) is 25.2 Å². The summed E-state index contributed by atoms with van der Waals surface area (Å²) in [7, 11) is 0. The maximum Gasteiger partial charge on any atom is 0.294 e. The number of nitrogens with one attached hydrogen (secondary N) is 1. The highest BCUT2D eigenvalue weighted by Crippen LogP contribution is 2.18. The van der Waals surface area contributed by atoms with Crippen LogP contribution < -0.4 is 10.1 Å². The Morgan fingerprint density at radius 1 is 1.40 bits per heavy atom. The first kappa shape index (κ1) is 12.3. The van der Waals surface area contributed by atoms with Gasteiger partial charge in [-0.2, -0.15) is 0 Å². The van der Waals surface area contributed by atoms with E-state index in [1.165, 1.54) is 11.3 Å². The second kappa shape index (κ2) is 5.92. The van der Waals surface area contributed by atoms with Gasteiger partial charge in [-0.05, 0) is 0 Å². The van der Waals surface area contributed by atoms with Crippen molar-refractivity contribution in [2.75, 3.05) is 6.61 Å². The van der Waals surface area contributed by atoms with Crippen molar-refractivity contribution in [3.05, 3.63) is 5.01 Å². The highest BCUT2D eigenvalue weighted by Gasteiger charge is 2.08. The van der Waals surface area contributed by atoms with Crippen molar-refractivity contribution in [3.8, 4) is 5.19 Å². The number of rotatable bonds is 6. The third kappa shape index (κ3) is 4.98. The molecule has 1 aromatic heterocycles. The fourth-order valence-electron chi connectivity index (χ4n) is 0.794. The average Bonchev–Trinajstić information content (AvgIpc) is 2.59. The van der Waals surface area contributed by atoms with Crippen molar-refractivity contribution in [1.29, 1.82) is 0 Å². The van der Waals surface area contributed by atoms with Crippen molar-refractivity contribution in [2.45, 2.75) is 32.9 Å². The predicted octanol–water partition coefficient (Wildman–Crippen LogP) is 1.68. The summed E-state index contributed by atoms with van der Waals surface area (Å²) in [6.45, 7) is 3.96. The van der Waals surface area contributed by atoms with Gasteiger partial charge in [0.05, 0.1) is 6.54 Å². The third-order valence-corrected chi connectivity index (χ3v) is 2.28. The van der Waals surface area contributed by atoms with E-state index in [0.717, 1.165) is 5.01 Å². The lowest BCUT2D eigenvalue weighted by Crippen LogP contribution is -2.21. The van der Waals surface area contributed by atoms with Gasteiger partial charge >= 0.3 is 0 Å². The van der Waals surface area contributed by atoms with Gasteiger partial charge in [0.15, 0.2) is 6.61 Å². The Kier molecular flexibility index (Phi) is 4.83. The summed E-state index contributed by atoms with van der Waals surface area (Å²) in [6, 6.07) is 0.347. The van der Waals surface area contributed by atoms with Crippen LogP contribution in [0.4, 0.5) is 8.78 Å². The Morgan fingerprint density at radius 2 is 2.13 bits per heavy atom. The summed E-state index contributed by atoms with van der Waals surface area (Å²) in [4.78, 5) is 0. The summed E-state index contributed by atoms with van der Waals surface area (Å²) in [5.74, 6) is 0. The van der Waals surface area contributed by atoms with Crippen molar-refractivity contribution >= 4 is 11.3 Å². The van der Waals surface area contributed by atoms with Gasteiger partial charge < -0.3 is 10.1 Å². The molecule has 4 nitrogen and oxygen atoms in total. The Hall–Kier alpha value is -0.820. The molecule has 0 atom stereocenters. The number of alkyl halides is 2. The molecule has 0 radical (unpaired) electrons. The van der Waals surface area contributed by atoms with Crippen molar-refractivity contribution in [3.63, 3.8) is 0 Å². The summed E-state index contributed by atoms with van der Waals surface area (Å²) >= 11 is 1.18. The zero-order valence-electron chi connectivity index (χ0n) is 8.54. The minimum absolute atomic E-state index is 0.191. The van der Waals surface area contributed by atoms with Crippen molar-refractivity contribution < 1.29 is 13.5 Å². The molecule has 0 fully saturated rings. The molecule has 86 valence electrons. The standard InChI is InChI=1S/C8H13F2N3OS/c1-5(2)11-3-7-12-13-8(15-7)14-4-6(9)10/h5-6,11H,3-4H2,1-2H3. The lowest BCUT2D eigenvalue weighted by Gasteiger charge is -2.03. The first-order valence-electron chi connectivity index (χ1n) is 4.54. The molecule has 0 bridgehead atoms. The summed E-state index contributed by atoms with van der Waals surface area (Å²) in [5, 5.41) is 11.5. The number of ether oxygens (including phenoxy) is 1. The minimum Gasteiger partial charge on any atom is -0.463 e. The Labute approximate surface area is 90.7 Å². The van der Waals surface area contributed by atoms with E-state index in [1.54, 1.807) is 0 Å². The molecule has 1 N–H and O–H groups in total. The van der Waals surface area contributed by atoms with Crippen LogP contribution in [0, 0.1) is 0 Å². The maximum atomic E-state index is 11.8. The fourth-order valence-corrected chi connectivity index (χ4v) is 1.44. The Bertz CT molecular complexity index is 267. The highest BCUT2D eigenvalue weighted by atomic mass is 32.1. The largest absolute Gasteiger partial charge is 0.463 e. The van der Waals surface area contributed by atoms with Crippen LogP contribution in [0.25, 0.3) is 0 Å². The molecule has 0 saturated heterocycles. The van der Waals surface area contributed by atoms with Gasteiger partial charge in [0.1, 0.15) is 5.01 Å². The van der Waals surface area contributed by atoms with Gasteiger partial charge in [-0.15, -0.1) is 10.2 Å². The molecule has 0 aliphatic carbocycles. The van der Waals surface area contributed by atoms with E-state index in [-0.39, 0.29) is 5.19 Å². The molecule has 0 amide bonds. The molecule has 0 spiro atoms. The third-order valence-electron chi connectivity index (χ3n) is 1.44. The molecule has 7 heteroatoms. The Morgan fingerprint density at radius 3 is 2.73 bits per heavy atom. The van der Waals surface area contributed by atoms with Crippen LogP contribution in [-0.4, -0.2) is 29.3 Å². The number of hydrogen-bond donors (Lipinski definition) is 1. The van der Waals surface area contributed by atoms with Crippen LogP contribution >= 0.6 is 11.3 Å². The quantitative estimate of drug-likeness (QED) is 0.817. The van der Waals surface area contributed by atoms with Gasteiger partial charge in [0, 0.05) is 6.04 Å². The first-order chi connectivity index (χ1) is 7.08. The van der Waals surface area contributed by atoms with Gasteiger partial charge in [-0.25, -0.2) is 8.78 Å². The number of halogens is 2. The van der Waals surface area contributed by atoms with Crippen LogP contribution in [0.1, 0.15) is 18.9 Å². The lowest BCUT2D eigenvalue weighted by atomic mass is 10.4. The molecule has 0 aromatic carbocycles. The highest BCUT2D eigenvalue weighted by molar-refractivity contribution is 7.13. The van der Waals surface area contributed by atoms with Crippen LogP contribution in [0.2, 0.25) is 0 Å². The molecular formula is C8H13F2N3OS. The van der Waals surface area contributed by atoms with E-state index in [9.17, 15) is 8.78 Å². The normalized spacial score (nSPS) is 11.3. The number of hydrogen-bond acceptors (Lipinski definition) is 5. The predicted molar refractivity (Wildman–Crippen MR) is 53.4 cm³/mol. The van der Waals surface area contributed by atoms with Gasteiger partial charge in [0.2, 0.25) is 0 Å². The van der Waals surface area contributed by atoms with Crippen LogP contribution in [0.5, 0.6) is 5.19 Å². The molecule has 0 aliphatic heterocycles. The van der Waals surface area contributed by atoms with Crippen LogP contribution in [0.15, 0.2) is 0 Å². The molecule has 0 unspecified atom stereocenters. The monoisotopic (exact) mass is 237 g/mol. The number of nitrogens with zero attached hydrogens (tertiary/aromatic N) is 2. The fraction of sp³-hybridized carbons (Fsp3) is 0.750. The van der Waals surface area contributed by atoms with Crippen molar-refractivity contribution in [2.24, 2.45) is 0 Å². The van der Waals surface area contributed by atoms with E-state index < -0.39 is 13.0 Å². The summed E-state index contributed by atoms with van der Waals surface area (Å²) < 4.78 is 28.3. The molecular weight excluding hydrogens is 224 g/mol. The van der Waals surface area contributed by atoms with E-state index in [0.29, 0.717) is 12.6 Å². The molecule has 15 heavy (non-hydrogen) atoms. The molecule has 1 rings (SSSR count). The lowest BCUT2D eigenvalue weighted by molar-refractivity contribution is 0.0814. The number of aromatic nitrogens is 2. The molecule has 0 saturated carbocycles. The topological polar surface area (TPSA) is 47.0 Å². The molecule has 0 aliphatic rings. The first-order valence-corrected chi connectivity index (χ1v) is 5.36. The summed E-state index contributed by atoms with van der Waals surface area (Å²) in [5.41, 5.74) is 0. The average molecular weight is 237 g/mol. The van der Waals surface area contributed by atoms with E-state index in [1.807, 2.05) is 13.8 Å². The molecule has 1 heterocycles. The van der Waals surface area contributed by atoms with Crippen molar-refractivity contribution in [1.82, 2.24) is 15.5 Å². The van der Waals surface area contributed by atoms with Crippen LogP contribution in [-0.2, 0) is 6.54 Å². The second-order valence-electron chi connectivity index (χ2n) is 3.20.